The smallest absolute Gasteiger partial charge is 0.241 e. The number of nitrogens with one attached hydrogen (secondary N) is 1. The molecule has 1 unspecified atom stereocenters. The summed E-state index contributed by atoms with van der Waals surface area (Å²) >= 11 is 1.60. The molecule has 1 atom stereocenters. The highest BCUT2D eigenvalue weighted by atomic mass is 32.1. The molecule has 3 rings (SSSR count). The number of para-hydroxylation sites is 1. The molecule has 94 valence electrons. The first kappa shape index (κ1) is 11.4. The summed E-state index contributed by atoms with van der Waals surface area (Å²) in [6.45, 7) is 2.19. The third kappa shape index (κ3) is 1.93. The number of rotatable bonds is 2. The highest BCUT2D eigenvalue weighted by Crippen LogP contribution is 2.29. The number of aromatic nitrogens is 1. The van der Waals surface area contributed by atoms with E-state index in [1.54, 1.807) is 11.3 Å². The molecular weight excluding hydrogens is 248 g/mol. The second kappa shape index (κ2) is 4.55. The predicted octanol–water partition coefficient (Wildman–Crippen LogP) is 0.560. The van der Waals surface area contributed by atoms with Crippen LogP contribution >= 0.6 is 11.3 Å². The first-order valence-electron chi connectivity index (χ1n) is 5.88. The number of nitrogens with zero attached hydrogens (tertiary/aromatic N) is 2. The quantitative estimate of drug-likeness (QED) is 0.829. The molecule has 1 amide bonds. The number of fused-ring (bicyclic) bond motifs is 1. The molecule has 3 N–H and O–H groups in total. The SMILES string of the molecule is NC(=O)C1CNCCN1c1nc2ccccc2s1. The lowest BCUT2D eigenvalue weighted by molar-refractivity contribution is -0.119. The van der Waals surface area contributed by atoms with Gasteiger partial charge in [-0.1, -0.05) is 23.5 Å². The second-order valence-corrected chi connectivity index (χ2v) is 5.29. The average Bonchev–Trinajstić information content (AvgIpc) is 2.82. The van der Waals surface area contributed by atoms with Gasteiger partial charge in [0.15, 0.2) is 5.13 Å². The van der Waals surface area contributed by atoms with Gasteiger partial charge in [0.1, 0.15) is 6.04 Å². The maximum atomic E-state index is 11.5. The highest BCUT2D eigenvalue weighted by molar-refractivity contribution is 7.22. The van der Waals surface area contributed by atoms with E-state index in [0.717, 1.165) is 28.4 Å². The predicted molar refractivity (Wildman–Crippen MR) is 72.8 cm³/mol. The Kier molecular flexibility index (Phi) is 2.89. The van der Waals surface area contributed by atoms with Gasteiger partial charge >= 0.3 is 0 Å². The van der Waals surface area contributed by atoms with E-state index in [4.69, 9.17) is 5.73 Å². The normalized spacial score (nSPS) is 20.2. The number of benzene rings is 1. The number of hydrogen-bond acceptors (Lipinski definition) is 5. The molecule has 6 heteroatoms. The summed E-state index contributed by atoms with van der Waals surface area (Å²) in [4.78, 5) is 18.1. The van der Waals surface area contributed by atoms with Crippen LogP contribution in [0.3, 0.4) is 0 Å². The van der Waals surface area contributed by atoms with Gasteiger partial charge in [-0.15, -0.1) is 0 Å². The zero-order chi connectivity index (χ0) is 12.5. The molecule has 0 aliphatic carbocycles. The van der Waals surface area contributed by atoms with E-state index in [1.165, 1.54) is 0 Å². The lowest BCUT2D eigenvalue weighted by atomic mass is 10.2. The van der Waals surface area contributed by atoms with Gasteiger partial charge in [0, 0.05) is 19.6 Å². The van der Waals surface area contributed by atoms with Gasteiger partial charge in [-0.05, 0) is 12.1 Å². The number of amides is 1. The van der Waals surface area contributed by atoms with Crippen molar-refractivity contribution in [2.75, 3.05) is 24.5 Å². The third-order valence-corrected chi connectivity index (χ3v) is 4.17. The fraction of sp³-hybridized carbons (Fsp3) is 0.333. The van der Waals surface area contributed by atoms with Gasteiger partial charge in [0.2, 0.25) is 5.91 Å². The minimum Gasteiger partial charge on any atom is -0.368 e. The highest BCUT2D eigenvalue weighted by Gasteiger charge is 2.28. The Morgan fingerprint density at radius 2 is 2.33 bits per heavy atom. The number of primary amides is 1. The Labute approximate surface area is 109 Å². The molecular formula is C12H14N4OS. The monoisotopic (exact) mass is 262 g/mol. The molecule has 1 aliphatic heterocycles. The molecule has 0 spiro atoms. The summed E-state index contributed by atoms with van der Waals surface area (Å²) in [5, 5.41) is 4.06. The summed E-state index contributed by atoms with van der Waals surface area (Å²) in [6.07, 6.45) is 0. The summed E-state index contributed by atoms with van der Waals surface area (Å²) in [7, 11) is 0. The first-order valence-corrected chi connectivity index (χ1v) is 6.69. The Balaban J connectivity index is 1.98. The molecule has 1 aliphatic rings. The van der Waals surface area contributed by atoms with Crippen LogP contribution in [0.15, 0.2) is 24.3 Å². The van der Waals surface area contributed by atoms with Gasteiger partial charge < -0.3 is 16.0 Å². The van der Waals surface area contributed by atoms with Crippen molar-refractivity contribution < 1.29 is 4.79 Å². The first-order chi connectivity index (χ1) is 8.75. The minimum atomic E-state index is -0.306. The summed E-state index contributed by atoms with van der Waals surface area (Å²) in [5.74, 6) is -0.304. The topological polar surface area (TPSA) is 71.2 Å². The van der Waals surface area contributed by atoms with Gasteiger partial charge in [0.25, 0.3) is 0 Å². The lowest BCUT2D eigenvalue weighted by Crippen LogP contribution is -2.57. The van der Waals surface area contributed by atoms with Crippen molar-refractivity contribution in [2.24, 2.45) is 5.73 Å². The van der Waals surface area contributed by atoms with E-state index in [9.17, 15) is 4.79 Å². The van der Waals surface area contributed by atoms with Crippen LogP contribution in [0.5, 0.6) is 0 Å². The van der Waals surface area contributed by atoms with E-state index >= 15 is 0 Å². The van der Waals surface area contributed by atoms with Gasteiger partial charge in [-0.2, -0.15) is 0 Å². The van der Waals surface area contributed by atoms with Gasteiger partial charge in [-0.3, -0.25) is 4.79 Å². The average molecular weight is 262 g/mol. The maximum absolute atomic E-state index is 11.5. The molecule has 2 aromatic rings. The van der Waals surface area contributed by atoms with E-state index in [1.807, 2.05) is 29.2 Å². The zero-order valence-corrected chi connectivity index (χ0v) is 10.6. The Morgan fingerprint density at radius 3 is 3.11 bits per heavy atom. The van der Waals surface area contributed by atoms with Crippen molar-refractivity contribution in [2.45, 2.75) is 6.04 Å². The van der Waals surface area contributed by atoms with Crippen LogP contribution in [0.25, 0.3) is 10.2 Å². The minimum absolute atomic E-state index is 0.304. The molecule has 1 saturated heterocycles. The second-order valence-electron chi connectivity index (χ2n) is 4.28. The third-order valence-electron chi connectivity index (χ3n) is 3.10. The van der Waals surface area contributed by atoms with Crippen molar-refractivity contribution in [1.29, 1.82) is 0 Å². The number of piperazine rings is 1. The lowest BCUT2D eigenvalue weighted by Gasteiger charge is -2.33. The van der Waals surface area contributed by atoms with Crippen molar-refractivity contribution >= 4 is 32.6 Å². The molecule has 1 fully saturated rings. The van der Waals surface area contributed by atoms with E-state index < -0.39 is 0 Å². The number of carbonyl (C=O) groups excluding carboxylic acids is 1. The number of nitrogens with two attached hydrogens (primary N) is 1. The molecule has 1 aromatic carbocycles. The van der Waals surface area contributed by atoms with Crippen LogP contribution in [0.2, 0.25) is 0 Å². The Morgan fingerprint density at radius 1 is 1.50 bits per heavy atom. The molecule has 18 heavy (non-hydrogen) atoms. The number of carbonyl (C=O) groups is 1. The van der Waals surface area contributed by atoms with Crippen LogP contribution in [-0.4, -0.2) is 36.6 Å². The van der Waals surface area contributed by atoms with Crippen LogP contribution in [0.4, 0.5) is 5.13 Å². The van der Waals surface area contributed by atoms with Crippen LogP contribution in [-0.2, 0) is 4.79 Å². The number of hydrogen-bond donors (Lipinski definition) is 2. The van der Waals surface area contributed by atoms with E-state index in [2.05, 4.69) is 10.3 Å². The van der Waals surface area contributed by atoms with E-state index in [0.29, 0.717) is 6.54 Å². The Hall–Kier alpha value is -1.66. The molecule has 0 radical (unpaired) electrons. The van der Waals surface area contributed by atoms with Gasteiger partial charge in [-0.25, -0.2) is 4.98 Å². The van der Waals surface area contributed by atoms with Crippen molar-refractivity contribution in [3.63, 3.8) is 0 Å². The fourth-order valence-electron chi connectivity index (χ4n) is 2.17. The van der Waals surface area contributed by atoms with Crippen molar-refractivity contribution in [1.82, 2.24) is 10.3 Å². The molecule has 0 saturated carbocycles. The maximum Gasteiger partial charge on any atom is 0.241 e. The van der Waals surface area contributed by atoms with Crippen molar-refractivity contribution in [3.05, 3.63) is 24.3 Å². The molecule has 1 aromatic heterocycles. The largest absolute Gasteiger partial charge is 0.368 e. The zero-order valence-electron chi connectivity index (χ0n) is 9.80. The summed E-state index contributed by atoms with van der Waals surface area (Å²) in [5.41, 5.74) is 6.42. The summed E-state index contributed by atoms with van der Waals surface area (Å²) < 4.78 is 1.13. The van der Waals surface area contributed by atoms with E-state index in [-0.39, 0.29) is 11.9 Å². The van der Waals surface area contributed by atoms with Gasteiger partial charge in [0.05, 0.1) is 10.2 Å². The van der Waals surface area contributed by atoms with Crippen LogP contribution in [0.1, 0.15) is 0 Å². The summed E-state index contributed by atoms with van der Waals surface area (Å²) in [6, 6.07) is 7.68. The number of anilines is 1. The van der Waals surface area contributed by atoms with Crippen LogP contribution in [0, 0.1) is 0 Å². The molecule has 5 nitrogen and oxygen atoms in total. The van der Waals surface area contributed by atoms with Crippen molar-refractivity contribution in [3.8, 4) is 0 Å². The fourth-order valence-corrected chi connectivity index (χ4v) is 3.21. The number of thiazole rings is 1. The molecule has 0 bridgehead atoms. The Bertz CT molecular complexity index is 549. The molecule has 2 heterocycles. The van der Waals surface area contributed by atoms with Crippen LogP contribution < -0.4 is 16.0 Å². The standard InChI is InChI=1S/C12H14N4OS/c13-11(17)9-7-14-5-6-16(9)12-15-8-3-1-2-4-10(8)18-12/h1-4,9,14H,5-7H2,(H2,13,17).